The molecule has 5 heteroatoms. The molecular formula is C26H25N4O+. The van der Waals surface area contributed by atoms with Crippen LogP contribution in [0.3, 0.4) is 0 Å². The Bertz CT molecular complexity index is 1350. The molecule has 154 valence electrons. The molecule has 3 atom stereocenters. The van der Waals surface area contributed by atoms with Gasteiger partial charge in [0.1, 0.15) is 5.52 Å². The smallest absolute Gasteiger partial charge is 0.260 e. The van der Waals surface area contributed by atoms with Crippen molar-refractivity contribution in [2.24, 2.45) is 0 Å². The molecule has 1 N–H and O–H groups in total. The Morgan fingerprint density at radius 1 is 1.00 bits per heavy atom. The summed E-state index contributed by atoms with van der Waals surface area (Å²) < 4.78 is 0. The molecule has 5 nitrogen and oxygen atoms in total. The summed E-state index contributed by atoms with van der Waals surface area (Å²) in [5, 5.41) is 0. The number of aryl methyl sites for hydroxylation is 1. The lowest BCUT2D eigenvalue weighted by molar-refractivity contribution is -0.886. The molecule has 0 aliphatic carbocycles. The zero-order chi connectivity index (χ0) is 21.1. The molecule has 2 aliphatic rings. The highest BCUT2D eigenvalue weighted by Crippen LogP contribution is 2.44. The van der Waals surface area contributed by atoms with Gasteiger partial charge in [-0.05, 0) is 42.8 Å². The summed E-state index contributed by atoms with van der Waals surface area (Å²) in [4.78, 5) is 27.2. The van der Waals surface area contributed by atoms with Gasteiger partial charge in [-0.25, -0.2) is 9.97 Å². The van der Waals surface area contributed by atoms with Crippen molar-refractivity contribution in [3.05, 3.63) is 77.4 Å². The van der Waals surface area contributed by atoms with Crippen LogP contribution in [0.25, 0.3) is 22.1 Å². The lowest BCUT2D eigenvalue weighted by atomic mass is 9.88. The van der Waals surface area contributed by atoms with Crippen molar-refractivity contribution in [3.63, 3.8) is 0 Å². The average molecular weight is 410 g/mol. The van der Waals surface area contributed by atoms with Crippen molar-refractivity contribution in [2.75, 3.05) is 25.0 Å². The Kier molecular flexibility index (Phi) is 4.08. The number of nitrogens with zero attached hydrogens (tertiary/aromatic N) is 3. The third-order valence-corrected chi connectivity index (χ3v) is 6.89. The van der Waals surface area contributed by atoms with Crippen molar-refractivity contribution >= 4 is 33.7 Å². The summed E-state index contributed by atoms with van der Waals surface area (Å²) >= 11 is 0. The average Bonchev–Trinajstić information content (AvgIpc) is 3.09. The van der Waals surface area contributed by atoms with E-state index in [9.17, 15) is 4.79 Å². The minimum atomic E-state index is 0.0346. The maximum Gasteiger partial charge on any atom is 0.260 e. The fraction of sp³-hybridized carbons (Fsp3) is 0.269. The van der Waals surface area contributed by atoms with Gasteiger partial charge in [0.25, 0.3) is 5.91 Å². The molecular weight excluding hydrogens is 384 g/mol. The Balaban J connectivity index is 1.51. The van der Waals surface area contributed by atoms with Gasteiger partial charge in [-0.3, -0.25) is 4.79 Å². The highest BCUT2D eigenvalue weighted by atomic mass is 16.2. The molecule has 0 radical (unpaired) electrons. The summed E-state index contributed by atoms with van der Waals surface area (Å²) in [5.74, 6) is 0.418. The van der Waals surface area contributed by atoms with Crippen LogP contribution in [-0.4, -0.2) is 42.1 Å². The van der Waals surface area contributed by atoms with Crippen LogP contribution in [0.15, 0.2) is 60.7 Å². The molecule has 3 aromatic carbocycles. The number of anilines is 1. The maximum absolute atomic E-state index is 14.0. The molecule has 4 aromatic rings. The number of benzene rings is 3. The number of piperidine rings is 1. The Labute approximate surface area is 181 Å². The third kappa shape index (κ3) is 2.84. The van der Waals surface area contributed by atoms with Crippen LogP contribution in [0.2, 0.25) is 0 Å². The van der Waals surface area contributed by atoms with Gasteiger partial charge in [-0.15, -0.1) is 0 Å². The zero-order valence-electron chi connectivity index (χ0n) is 17.8. The molecule has 1 fully saturated rings. The summed E-state index contributed by atoms with van der Waals surface area (Å²) in [5.41, 5.74) is 7.36. The van der Waals surface area contributed by atoms with E-state index in [1.54, 1.807) is 0 Å². The fourth-order valence-electron chi connectivity index (χ4n) is 5.41. The summed E-state index contributed by atoms with van der Waals surface area (Å²) in [6, 6.07) is 20.3. The summed E-state index contributed by atoms with van der Waals surface area (Å²) in [6.45, 7) is 4.27. The number of para-hydroxylation sites is 3. The Morgan fingerprint density at radius 3 is 2.61 bits per heavy atom. The SMILES string of the molecule is Cc1ccc2c(c1)[C@@H]1C[NH+](C)CC[C@@H]1N2C(=O)c1cccc2nc3ccccc3nc12. The minimum Gasteiger partial charge on any atom is -0.337 e. The second-order valence-corrected chi connectivity index (χ2v) is 9.00. The normalized spacial score (nSPS) is 22.5. The van der Waals surface area contributed by atoms with Gasteiger partial charge in [0.15, 0.2) is 0 Å². The van der Waals surface area contributed by atoms with Crippen LogP contribution in [0, 0.1) is 6.92 Å². The van der Waals surface area contributed by atoms with Gasteiger partial charge in [-0.1, -0.05) is 35.9 Å². The molecule has 3 heterocycles. The topological polar surface area (TPSA) is 50.5 Å². The number of fused-ring (bicyclic) bond motifs is 5. The number of hydrogen-bond donors (Lipinski definition) is 1. The van der Waals surface area contributed by atoms with E-state index in [0.29, 0.717) is 17.0 Å². The monoisotopic (exact) mass is 409 g/mol. The van der Waals surface area contributed by atoms with Gasteiger partial charge >= 0.3 is 0 Å². The van der Waals surface area contributed by atoms with Crippen molar-refractivity contribution in [2.45, 2.75) is 25.3 Å². The fourth-order valence-corrected chi connectivity index (χ4v) is 5.41. The van der Waals surface area contributed by atoms with E-state index in [2.05, 4.69) is 37.1 Å². The number of carbonyl (C=O) groups excluding carboxylic acids is 1. The zero-order valence-corrected chi connectivity index (χ0v) is 17.8. The molecule has 6 rings (SSSR count). The molecule has 0 bridgehead atoms. The second kappa shape index (κ2) is 6.86. The predicted octanol–water partition coefficient (Wildman–Crippen LogP) is 3.12. The van der Waals surface area contributed by atoms with E-state index >= 15 is 0 Å². The Hall–Kier alpha value is -3.31. The molecule has 0 saturated carbocycles. The maximum atomic E-state index is 14.0. The van der Waals surface area contributed by atoms with Crippen LogP contribution < -0.4 is 9.80 Å². The summed E-state index contributed by atoms with van der Waals surface area (Å²) in [6.07, 6.45) is 1.01. The second-order valence-electron chi connectivity index (χ2n) is 9.00. The third-order valence-electron chi connectivity index (χ3n) is 6.89. The number of amides is 1. The van der Waals surface area contributed by atoms with Crippen LogP contribution in [0.1, 0.15) is 33.8 Å². The first-order chi connectivity index (χ1) is 15.1. The number of hydrogen-bond acceptors (Lipinski definition) is 3. The lowest BCUT2D eigenvalue weighted by Gasteiger charge is -2.34. The van der Waals surface area contributed by atoms with E-state index in [1.165, 1.54) is 16.0 Å². The number of likely N-dealkylation sites (N-methyl/N-ethyl adjacent to an activating group) is 1. The molecule has 1 aromatic heterocycles. The number of rotatable bonds is 1. The van der Waals surface area contributed by atoms with E-state index in [0.717, 1.165) is 41.7 Å². The van der Waals surface area contributed by atoms with Gasteiger partial charge in [0.2, 0.25) is 0 Å². The Morgan fingerprint density at radius 2 is 1.77 bits per heavy atom. The number of likely N-dealkylation sites (tertiary alicyclic amines) is 1. The molecule has 0 spiro atoms. The van der Waals surface area contributed by atoms with Crippen LogP contribution in [0.4, 0.5) is 5.69 Å². The van der Waals surface area contributed by atoms with Crippen LogP contribution in [-0.2, 0) is 0 Å². The van der Waals surface area contributed by atoms with Crippen molar-refractivity contribution in [1.82, 2.24) is 9.97 Å². The first-order valence-electron chi connectivity index (χ1n) is 11.0. The van der Waals surface area contributed by atoms with Gasteiger partial charge in [0, 0.05) is 12.1 Å². The molecule has 31 heavy (non-hydrogen) atoms. The largest absolute Gasteiger partial charge is 0.337 e. The van der Waals surface area contributed by atoms with Crippen LogP contribution in [0.5, 0.6) is 0 Å². The summed E-state index contributed by atoms with van der Waals surface area (Å²) in [7, 11) is 2.25. The van der Waals surface area contributed by atoms with E-state index in [1.807, 2.05) is 42.5 Å². The number of nitrogens with one attached hydrogen (secondary N) is 1. The number of quaternary nitrogens is 1. The van der Waals surface area contributed by atoms with Crippen molar-refractivity contribution in [1.29, 1.82) is 0 Å². The molecule has 1 unspecified atom stereocenters. The highest BCUT2D eigenvalue weighted by Gasteiger charge is 2.46. The lowest BCUT2D eigenvalue weighted by Crippen LogP contribution is -3.11. The quantitative estimate of drug-likeness (QED) is 0.492. The highest BCUT2D eigenvalue weighted by molar-refractivity contribution is 6.14. The van der Waals surface area contributed by atoms with Crippen LogP contribution >= 0.6 is 0 Å². The predicted molar refractivity (Wildman–Crippen MR) is 123 cm³/mol. The molecule has 2 aliphatic heterocycles. The van der Waals surface area contributed by atoms with E-state index in [-0.39, 0.29) is 11.9 Å². The molecule has 1 amide bonds. The first-order valence-corrected chi connectivity index (χ1v) is 11.0. The van der Waals surface area contributed by atoms with Gasteiger partial charge in [-0.2, -0.15) is 0 Å². The molecule has 1 saturated heterocycles. The first kappa shape index (κ1) is 18.5. The van der Waals surface area contributed by atoms with E-state index in [4.69, 9.17) is 9.97 Å². The van der Waals surface area contributed by atoms with Crippen molar-refractivity contribution < 1.29 is 9.69 Å². The number of carbonyl (C=O) groups is 1. The minimum absolute atomic E-state index is 0.0346. The van der Waals surface area contributed by atoms with Crippen molar-refractivity contribution in [3.8, 4) is 0 Å². The van der Waals surface area contributed by atoms with Gasteiger partial charge < -0.3 is 9.80 Å². The number of aromatic nitrogens is 2. The standard InChI is InChI=1S/C26H24N4O/c1-16-10-11-23-18(14-16)19-15-29(2)13-12-24(19)30(23)26(31)17-6-5-9-22-25(17)28-21-8-4-3-7-20(21)27-22/h3-11,14,19,24H,12-13,15H2,1-2H3/p+1/t19-,24-/m0/s1. The van der Waals surface area contributed by atoms with Gasteiger partial charge in [0.05, 0.1) is 54.2 Å². The van der Waals surface area contributed by atoms with E-state index < -0.39 is 0 Å².